The van der Waals surface area contributed by atoms with Gasteiger partial charge in [-0.15, -0.1) is 0 Å². The SMILES string of the molecule is CCNc1cc(-c2ccccc2)nc(-c2ccn(C)n2)n1. The lowest BCUT2D eigenvalue weighted by Gasteiger charge is -2.08. The molecule has 3 aromatic rings. The molecule has 2 aromatic heterocycles. The Labute approximate surface area is 123 Å². The zero-order valence-corrected chi connectivity index (χ0v) is 12.1. The van der Waals surface area contributed by atoms with Gasteiger partial charge in [-0.25, -0.2) is 9.97 Å². The van der Waals surface area contributed by atoms with Crippen molar-refractivity contribution in [2.24, 2.45) is 7.05 Å². The highest BCUT2D eigenvalue weighted by molar-refractivity contribution is 5.66. The predicted molar refractivity (Wildman–Crippen MR) is 83.8 cm³/mol. The maximum absolute atomic E-state index is 4.64. The van der Waals surface area contributed by atoms with Gasteiger partial charge in [0.2, 0.25) is 0 Å². The van der Waals surface area contributed by atoms with Gasteiger partial charge in [0.05, 0.1) is 5.69 Å². The van der Waals surface area contributed by atoms with Gasteiger partial charge < -0.3 is 5.32 Å². The normalized spacial score (nSPS) is 10.6. The fraction of sp³-hybridized carbons (Fsp3) is 0.188. The zero-order chi connectivity index (χ0) is 14.7. The van der Waals surface area contributed by atoms with E-state index in [2.05, 4.69) is 20.4 Å². The minimum absolute atomic E-state index is 0.632. The number of nitrogens with zero attached hydrogens (tertiary/aromatic N) is 4. The molecule has 0 radical (unpaired) electrons. The van der Waals surface area contributed by atoms with Gasteiger partial charge in [0.15, 0.2) is 5.82 Å². The standard InChI is InChI=1S/C16H17N5/c1-3-17-15-11-14(12-7-5-4-6-8-12)18-16(19-15)13-9-10-21(2)20-13/h4-11H,3H2,1-2H3,(H,17,18,19). The predicted octanol–water partition coefficient (Wildman–Crippen LogP) is 2.98. The number of anilines is 1. The quantitative estimate of drug-likeness (QED) is 0.797. The van der Waals surface area contributed by atoms with Gasteiger partial charge in [-0.2, -0.15) is 5.10 Å². The third kappa shape index (κ3) is 2.91. The highest BCUT2D eigenvalue weighted by Gasteiger charge is 2.10. The van der Waals surface area contributed by atoms with Crippen molar-refractivity contribution >= 4 is 5.82 Å². The minimum Gasteiger partial charge on any atom is -0.370 e. The first-order valence-electron chi connectivity index (χ1n) is 6.94. The van der Waals surface area contributed by atoms with E-state index in [9.17, 15) is 0 Å². The van der Waals surface area contributed by atoms with Gasteiger partial charge in [-0.3, -0.25) is 4.68 Å². The van der Waals surface area contributed by atoms with Gasteiger partial charge in [0.25, 0.3) is 0 Å². The number of aryl methyl sites for hydroxylation is 1. The van der Waals surface area contributed by atoms with Crippen LogP contribution in [0.4, 0.5) is 5.82 Å². The Hall–Kier alpha value is -2.69. The molecule has 0 spiro atoms. The Bertz CT molecular complexity index is 733. The largest absolute Gasteiger partial charge is 0.370 e. The molecule has 0 fully saturated rings. The number of hydrogen-bond acceptors (Lipinski definition) is 4. The van der Waals surface area contributed by atoms with Crippen molar-refractivity contribution < 1.29 is 0 Å². The van der Waals surface area contributed by atoms with E-state index in [1.54, 1.807) is 4.68 Å². The molecule has 106 valence electrons. The average molecular weight is 279 g/mol. The van der Waals surface area contributed by atoms with Crippen molar-refractivity contribution in [2.75, 3.05) is 11.9 Å². The van der Waals surface area contributed by atoms with Crippen LogP contribution in [0.3, 0.4) is 0 Å². The topological polar surface area (TPSA) is 55.6 Å². The Morgan fingerprint density at radius 1 is 1.05 bits per heavy atom. The third-order valence-corrected chi connectivity index (χ3v) is 3.10. The molecule has 0 saturated heterocycles. The molecule has 1 N–H and O–H groups in total. The molecule has 0 saturated carbocycles. The molecule has 0 unspecified atom stereocenters. The molecule has 0 amide bonds. The third-order valence-electron chi connectivity index (χ3n) is 3.10. The summed E-state index contributed by atoms with van der Waals surface area (Å²) in [5.41, 5.74) is 2.73. The summed E-state index contributed by atoms with van der Waals surface area (Å²) in [6.07, 6.45) is 1.89. The van der Waals surface area contributed by atoms with Gasteiger partial charge in [-0.1, -0.05) is 30.3 Å². The van der Waals surface area contributed by atoms with Gasteiger partial charge in [-0.05, 0) is 13.0 Å². The van der Waals surface area contributed by atoms with E-state index in [0.717, 1.165) is 29.3 Å². The second-order valence-electron chi connectivity index (χ2n) is 4.73. The van der Waals surface area contributed by atoms with Crippen molar-refractivity contribution in [3.63, 3.8) is 0 Å². The summed E-state index contributed by atoms with van der Waals surface area (Å²) in [5.74, 6) is 1.44. The van der Waals surface area contributed by atoms with Crippen LogP contribution in [0.25, 0.3) is 22.8 Å². The smallest absolute Gasteiger partial charge is 0.182 e. The van der Waals surface area contributed by atoms with Crippen molar-refractivity contribution in [1.82, 2.24) is 19.7 Å². The summed E-state index contributed by atoms with van der Waals surface area (Å²) in [7, 11) is 1.88. The number of benzene rings is 1. The van der Waals surface area contributed by atoms with E-state index < -0.39 is 0 Å². The summed E-state index contributed by atoms with van der Waals surface area (Å²) in [6.45, 7) is 2.86. The number of hydrogen-bond donors (Lipinski definition) is 1. The molecule has 0 aliphatic carbocycles. The van der Waals surface area contributed by atoms with Crippen molar-refractivity contribution in [3.8, 4) is 22.8 Å². The summed E-state index contributed by atoms with van der Waals surface area (Å²) in [4.78, 5) is 9.18. The van der Waals surface area contributed by atoms with Gasteiger partial charge in [0.1, 0.15) is 11.5 Å². The molecular formula is C16H17N5. The molecule has 0 atom stereocenters. The van der Waals surface area contributed by atoms with Crippen molar-refractivity contribution in [2.45, 2.75) is 6.92 Å². The van der Waals surface area contributed by atoms with E-state index in [1.165, 1.54) is 0 Å². The first kappa shape index (κ1) is 13.3. The molecule has 0 aliphatic rings. The van der Waals surface area contributed by atoms with Crippen LogP contribution in [0.15, 0.2) is 48.7 Å². The first-order valence-corrected chi connectivity index (χ1v) is 6.94. The van der Waals surface area contributed by atoms with Crippen LogP contribution in [-0.2, 0) is 7.05 Å². The Morgan fingerprint density at radius 3 is 2.52 bits per heavy atom. The molecule has 2 heterocycles. The average Bonchev–Trinajstić information content (AvgIpc) is 2.95. The van der Waals surface area contributed by atoms with E-state index in [1.807, 2.05) is 62.6 Å². The van der Waals surface area contributed by atoms with E-state index in [-0.39, 0.29) is 0 Å². The molecule has 3 rings (SSSR count). The monoisotopic (exact) mass is 279 g/mol. The summed E-state index contributed by atoms with van der Waals surface area (Å²) in [6, 6.07) is 14.0. The van der Waals surface area contributed by atoms with Crippen molar-refractivity contribution in [1.29, 1.82) is 0 Å². The number of nitrogens with one attached hydrogen (secondary N) is 1. The van der Waals surface area contributed by atoms with Crippen LogP contribution in [0.5, 0.6) is 0 Å². The highest BCUT2D eigenvalue weighted by Crippen LogP contribution is 2.23. The Balaban J connectivity index is 2.10. The zero-order valence-electron chi connectivity index (χ0n) is 12.1. The van der Waals surface area contributed by atoms with Crippen molar-refractivity contribution in [3.05, 3.63) is 48.7 Å². The lowest BCUT2D eigenvalue weighted by atomic mass is 10.1. The second kappa shape index (κ2) is 5.75. The highest BCUT2D eigenvalue weighted by atomic mass is 15.3. The molecule has 0 bridgehead atoms. The van der Waals surface area contributed by atoms with E-state index >= 15 is 0 Å². The van der Waals surface area contributed by atoms with Crippen LogP contribution in [0, 0.1) is 0 Å². The first-order chi connectivity index (χ1) is 10.3. The lowest BCUT2D eigenvalue weighted by Crippen LogP contribution is -2.03. The maximum Gasteiger partial charge on any atom is 0.182 e. The minimum atomic E-state index is 0.632. The Morgan fingerprint density at radius 2 is 1.86 bits per heavy atom. The number of rotatable bonds is 4. The summed E-state index contributed by atoms with van der Waals surface area (Å²) < 4.78 is 1.75. The second-order valence-corrected chi connectivity index (χ2v) is 4.73. The van der Waals surface area contributed by atoms with E-state index in [0.29, 0.717) is 5.82 Å². The van der Waals surface area contributed by atoms with E-state index in [4.69, 9.17) is 0 Å². The molecule has 0 aliphatic heterocycles. The Kier molecular flexibility index (Phi) is 3.64. The fourth-order valence-electron chi connectivity index (χ4n) is 2.12. The van der Waals surface area contributed by atoms with Crippen LogP contribution in [0.1, 0.15) is 6.92 Å². The molecule has 1 aromatic carbocycles. The van der Waals surface area contributed by atoms with Gasteiger partial charge in [0, 0.05) is 31.4 Å². The van der Waals surface area contributed by atoms with Crippen LogP contribution in [0.2, 0.25) is 0 Å². The summed E-state index contributed by atoms with van der Waals surface area (Å²) in [5, 5.41) is 7.63. The van der Waals surface area contributed by atoms with Crippen LogP contribution < -0.4 is 5.32 Å². The molecular weight excluding hydrogens is 262 g/mol. The van der Waals surface area contributed by atoms with Crippen LogP contribution >= 0.6 is 0 Å². The van der Waals surface area contributed by atoms with Crippen LogP contribution in [-0.4, -0.2) is 26.3 Å². The molecule has 5 heteroatoms. The molecule has 5 nitrogen and oxygen atoms in total. The maximum atomic E-state index is 4.64. The van der Waals surface area contributed by atoms with Gasteiger partial charge >= 0.3 is 0 Å². The summed E-state index contributed by atoms with van der Waals surface area (Å²) >= 11 is 0. The fourth-order valence-corrected chi connectivity index (χ4v) is 2.12. The molecule has 21 heavy (non-hydrogen) atoms. The number of aromatic nitrogens is 4. The lowest BCUT2D eigenvalue weighted by molar-refractivity contribution is 0.768.